The van der Waals surface area contributed by atoms with Crippen LogP contribution in [0, 0.1) is 6.92 Å². The van der Waals surface area contributed by atoms with Gasteiger partial charge in [-0.15, -0.1) is 0 Å². The Kier molecular flexibility index (Phi) is 3.82. The molecule has 90 valence electrons. The molecule has 0 unspecified atom stereocenters. The molecule has 0 spiro atoms. The Morgan fingerprint density at radius 3 is 2.65 bits per heavy atom. The van der Waals surface area contributed by atoms with Crippen molar-refractivity contribution >= 4 is 11.6 Å². The number of aliphatic hydroxyl groups excluding tert-OH is 1. The van der Waals surface area contributed by atoms with Crippen LogP contribution in [0.5, 0.6) is 0 Å². The summed E-state index contributed by atoms with van der Waals surface area (Å²) in [6.07, 6.45) is 1.37. The average Bonchev–Trinajstić information content (AvgIpc) is 2.69. The lowest BCUT2D eigenvalue weighted by Crippen LogP contribution is -1.90. The highest BCUT2D eigenvalue weighted by atomic mass is 35.5. The van der Waals surface area contributed by atoms with Crippen molar-refractivity contribution in [2.45, 2.75) is 19.8 Å². The Balaban J connectivity index is 2.33. The van der Waals surface area contributed by atoms with Crippen LogP contribution < -0.4 is 0 Å². The molecule has 0 aliphatic heterocycles. The van der Waals surface area contributed by atoms with Crippen LogP contribution in [0.15, 0.2) is 28.7 Å². The maximum atomic E-state index is 8.85. The zero-order chi connectivity index (χ0) is 12.3. The molecule has 0 aliphatic rings. The summed E-state index contributed by atoms with van der Waals surface area (Å²) < 4.78 is 5.55. The Hall–Kier alpha value is -1.32. The third kappa shape index (κ3) is 2.87. The molecule has 0 radical (unpaired) electrons. The van der Waals surface area contributed by atoms with Crippen LogP contribution in [-0.4, -0.2) is 16.7 Å². The molecule has 1 aromatic heterocycles. The van der Waals surface area contributed by atoms with Crippen LogP contribution in [0.4, 0.5) is 0 Å². The summed E-state index contributed by atoms with van der Waals surface area (Å²) in [6, 6.07) is 7.50. The highest BCUT2D eigenvalue weighted by molar-refractivity contribution is 6.30. The summed E-state index contributed by atoms with van der Waals surface area (Å²) in [6.45, 7) is 1.97. The van der Waals surface area contributed by atoms with Crippen molar-refractivity contribution in [3.05, 3.63) is 40.9 Å². The fourth-order valence-electron chi connectivity index (χ4n) is 1.71. The van der Waals surface area contributed by atoms with E-state index in [4.69, 9.17) is 21.1 Å². The quantitative estimate of drug-likeness (QED) is 0.908. The van der Waals surface area contributed by atoms with Crippen LogP contribution >= 0.6 is 11.6 Å². The average molecular weight is 252 g/mol. The number of rotatable bonds is 4. The summed E-state index contributed by atoms with van der Waals surface area (Å²) in [7, 11) is 0. The molecule has 0 saturated carbocycles. The minimum absolute atomic E-state index is 0.153. The minimum atomic E-state index is 0.153. The van der Waals surface area contributed by atoms with E-state index in [1.165, 1.54) is 0 Å². The first-order valence-electron chi connectivity index (χ1n) is 5.54. The zero-order valence-corrected chi connectivity index (χ0v) is 10.4. The van der Waals surface area contributed by atoms with Crippen LogP contribution in [0.2, 0.25) is 5.02 Å². The van der Waals surface area contributed by atoms with Crippen LogP contribution in [0.25, 0.3) is 11.3 Å². The normalized spacial score (nSPS) is 10.8. The topological polar surface area (TPSA) is 46.3 Å². The first-order chi connectivity index (χ1) is 8.20. The molecular formula is C13H14ClNO2. The standard InChI is InChI=1S/C13H14ClNO2/c1-9-15-13(12(17-9)3-2-8-16)10-4-6-11(14)7-5-10/h4-7,16H,2-3,8H2,1H3. The number of hydrogen-bond acceptors (Lipinski definition) is 3. The first kappa shape index (κ1) is 12.1. The number of hydrogen-bond donors (Lipinski definition) is 1. The molecule has 17 heavy (non-hydrogen) atoms. The highest BCUT2D eigenvalue weighted by Crippen LogP contribution is 2.26. The molecule has 3 nitrogen and oxygen atoms in total. The number of aryl methyl sites for hydroxylation is 2. The van der Waals surface area contributed by atoms with Crippen LogP contribution in [-0.2, 0) is 6.42 Å². The Morgan fingerprint density at radius 2 is 2.00 bits per heavy atom. The van der Waals surface area contributed by atoms with Gasteiger partial charge in [0.25, 0.3) is 0 Å². The maximum absolute atomic E-state index is 8.85. The molecular weight excluding hydrogens is 238 g/mol. The second-order valence-electron chi connectivity index (χ2n) is 3.84. The van der Waals surface area contributed by atoms with Crippen molar-refractivity contribution in [1.29, 1.82) is 0 Å². The van der Waals surface area contributed by atoms with Crippen molar-refractivity contribution in [2.75, 3.05) is 6.61 Å². The summed E-state index contributed by atoms with van der Waals surface area (Å²) in [5, 5.41) is 9.55. The maximum Gasteiger partial charge on any atom is 0.191 e. The molecule has 0 saturated heterocycles. The van der Waals surface area contributed by atoms with Gasteiger partial charge in [0.2, 0.25) is 0 Å². The van der Waals surface area contributed by atoms with E-state index in [9.17, 15) is 0 Å². The van der Waals surface area contributed by atoms with Gasteiger partial charge in [-0.05, 0) is 18.6 Å². The van der Waals surface area contributed by atoms with E-state index in [1.807, 2.05) is 31.2 Å². The highest BCUT2D eigenvalue weighted by Gasteiger charge is 2.12. The molecule has 2 rings (SSSR count). The summed E-state index contributed by atoms with van der Waals surface area (Å²) in [5.74, 6) is 1.46. The number of halogens is 1. The molecule has 0 atom stereocenters. The molecule has 2 aromatic rings. The van der Waals surface area contributed by atoms with Crippen molar-refractivity contribution < 1.29 is 9.52 Å². The summed E-state index contributed by atoms with van der Waals surface area (Å²) in [4.78, 5) is 4.37. The van der Waals surface area contributed by atoms with Crippen molar-refractivity contribution in [3.63, 3.8) is 0 Å². The Morgan fingerprint density at radius 1 is 1.29 bits per heavy atom. The Bertz CT molecular complexity index is 491. The fraction of sp³-hybridized carbons (Fsp3) is 0.308. The lowest BCUT2D eigenvalue weighted by Gasteiger charge is -2.00. The van der Waals surface area contributed by atoms with Gasteiger partial charge in [-0.1, -0.05) is 23.7 Å². The number of oxazole rings is 1. The molecule has 0 amide bonds. The predicted octanol–water partition coefficient (Wildman–Crippen LogP) is 3.23. The molecule has 4 heteroatoms. The predicted molar refractivity (Wildman–Crippen MR) is 67.1 cm³/mol. The number of nitrogens with zero attached hydrogens (tertiary/aromatic N) is 1. The van der Waals surface area contributed by atoms with E-state index in [2.05, 4.69) is 4.98 Å². The molecule has 0 fully saturated rings. The van der Waals surface area contributed by atoms with Crippen LogP contribution in [0.3, 0.4) is 0 Å². The monoisotopic (exact) mass is 251 g/mol. The zero-order valence-electron chi connectivity index (χ0n) is 9.61. The lowest BCUT2D eigenvalue weighted by molar-refractivity contribution is 0.284. The summed E-state index contributed by atoms with van der Waals surface area (Å²) in [5.41, 5.74) is 1.83. The van der Waals surface area contributed by atoms with Gasteiger partial charge in [-0.3, -0.25) is 0 Å². The smallest absolute Gasteiger partial charge is 0.191 e. The van der Waals surface area contributed by atoms with Gasteiger partial charge in [-0.25, -0.2) is 4.98 Å². The SMILES string of the molecule is Cc1nc(-c2ccc(Cl)cc2)c(CCCO)o1. The third-order valence-electron chi connectivity index (χ3n) is 2.48. The number of benzene rings is 1. The van der Waals surface area contributed by atoms with Gasteiger partial charge >= 0.3 is 0 Å². The largest absolute Gasteiger partial charge is 0.445 e. The second-order valence-corrected chi connectivity index (χ2v) is 4.28. The van der Waals surface area contributed by atoms with Gasteiger partial charge < -0.3 is 9.52 Å². The first-order valence-corrected chi connectivity index (χ1v) is 5.91. The minimum Gasteiger partial charge on any atom is -0.445 e. The molecule has 0 bridgehead atoms. The van der Waals surface area contributed by atoms with E-state index in [0.29, 0.717) is 23.8 Å². The lowest BCUT2D eigenvalue weighted by atomic mass is 10.1. The number of aromatic nitrogens is 1. The van der Waals surface area contributed by atoms with Gasteiger partial charge in [-0.2, -0.15) is 0 Å². The fourth-order valence-corrected chi connectivity index (χ4v) is 1.84. The van der Waals surface area contributed by atoms with Gasteiger partial charge in [0.15, 0.2) is 5.89 Å². The second kappa shape index (κ2) is 5.34. The van der Waals surface area contributed by atoms with Crippen molar-refractivity contribution in [3.8, 4) is 11.3 Å². The third-order valence-corrected chi connectivity index (χ3v) is 2.74. The van der Waals surface area contributed by atoms with Gasteiger partial charge in [0.1, 0.15) is 11.5 Å². The van der Waals surface area contributed by atoms with E-state index >= 15 is 0 Å². The van der Waals surface area contributed by atoms with E-state index in [1.54, 1.807) is 0 Å². The molecule has 1 aromatic carbocycles. The molecule has 1 N–H and O–H groups in total. The van der Waals surface area contributed by atoms with E-state index in [0.717, 1.165) is 17.0 Å². The summed E-state index contributed by atoms with van der Waals surface area (Å²) >= 11 is 5.85. The van der Waals surface area contributed by atoms with Crippen LogP contribution in [0.1, 0.15) is 18.1 Å². The number of aliphatic hydroxyl groups is 1. The van der Waals surface area contributed by atoms with Gasteiger partial charge in [0, 0.05) is 30.5 Å². The Labute approximate surface area is 105 Å². The van der Waals surface area contributed by atoms with Gasteiger partial charge in [0.05, 0.1) is 0 Å². The molecule has 0 aliphatic carbocycles. The van der Waals surface area contributed by atoms with Crippen molar-refractivity contribution in [1.82, 2.24) is 4.98 Å². The van der Waals surface area contributed by atoms with Crippen molar-refractivity contribution in [2.24, 2.45) is 0 Å². The molecule has 1 heterocycles. The van der Waals surface area contributed by atoms with E-state index < -0.39 is 0 Å². The van der Waals surface area contributed by atoms with E-state index in [-0.39, 0.29) is 6.61 Å².